The Labute approximate surface area is 332 Å². The van der Waals surface area contributed by atoms with E-state index in [0.29, 0.717) is 18.6 Å². The van der Waals surface area contributed by atoms with Crippen LogP contribution >= 0.6 is 0 Å². The van der Waals surface area contributed by atoms with Crippen molar-refractivity contribution in [2.75, 3.05) is 0 Å². The molecule has 0 fully saturated rings. The quantitative estimate of drug-likeness (QED) is 0.154. The molecule has 7 nitrogen and oxygen atoms in total. The molecule has 3 aromatic rings. The lowest BCUT2D eigenvalue weighted by Crippen LogP contribution is -2.44. The first kappa shape index (κ1) is 45.4. The van der Waals surface area contributed by atoms with Gasteiger partial charge in [0.2, 0.25) is 11.8 Å². The fourth-order valence-corrected chi connectivity index (χ4v) is 7.08. The zero-order chi connectivity index (χ0) is 42.4. The molecule has 3 rings (SSSR count). The summed E-state index contributed by atoms with van der Waals surface area (Å²) in [6.45, 7) is 37.0. The van der Waals surface area contributed by atoms with Crippen LogP contribution in [0.1, 0.15) is 187 Å². The predicted octanol–water partition coefficient (Wildman–Crippen LogP) is 10.7. The summed E-state index contributed by atoms with van der Waals surface area (Å²) in [5.74, 6) is -0.664. The highest BCUT2D eigenvalue weighted by atomic mass is 16.3. The molecule has 0 aromatic heterocycles. The van der Waals surface area contributed by atoms with E-state index in [9.17, 15) is 24.9 Å². The minimum atomic E-state index is -0.742. The van der Waals surface area contributed by atoms with Crippen molar-refractivity contribution in [1.82, 2.24) is 10.9 Å². The van der Waals surface area contributed by atoms with Gasteiger partial charge in [-0.15, -0.1) is 0 Å². The summed E-state index contributed by atoms with van der Waals surface area (Å²) in [6.07, 6.45) is 0.856. The topological polar surface area (TPSA) is 119 Å². The van der Waals surface area contributed by atoms with Crippen LogP contribution in [0.15, 0.2) is 36.4 Å². The number of phenolic OH excluding ortho intramolecular Hbond substituents is 3. The average Bonchev–Trinajstić information content (AvgIpc) is 2.99. The van der Waals surface area contributed by atoms with Gasteiger partial charge in [-0.25, -0.2) is 0 Å². The Hall–Kier alpha value is -4.00. The van der Waals surface area contributed by atoms with Crippen molar-refractivity contribution in [3.05, 3.63) is 86.5 Å². The molecule has 55 heavy (non-hydrogen) atoms. The van der Waals surface area contributed by atoms with E-state index in [1.807, 2.05) is 77.9 Å². The molecule has 0 aliphatic carbocycles. The van der Waals surface area contributed by atoms with Crippen LogP contribution in [-0.4, -0.2) is 27.1 Å². The third-order valence-corrected chi connectivity index (χ3v) is 10.4. The molecular weight excluding hydrogens is 685 g/mol. The van der Waals surface area contributed by atoms with Crippen LogP contribution in [0.4, 0.5) is 0 Å². The van der Waals surface area contributed by atoms with Gasteiger partial charge in [0.15, 0.2) is 0 Å². The molecule has 0 aliphatic rings. The van der Waals surface area contributed by atoms with Crippen molar-refractivity contribution >= 4 is 11.8 Å². The Bertz CT molecular complexity index is 1790. The molecule has 0 aliphatic heterocycles. The minimum absolute atomic E-state index is 0.131. The fourth-order valence-electron chi connectivity index (χ4n) is 7.08. The van der Waals surface area contributed by atoms with Crippen molar-refractivity contribution in [1.29, 1.82) is 0 Å². The molecule has 7 heteroatoms. The van der Waals surface area contributed by atoms with Gasteiger partial charge in [0, 0.05) is 6.42 Å². The van der Waals surface area contributed by atoms with E-state index < -0.39 is 16.7 Å². The second kappa shape index (κ2) is 15.5. The van der Waals surface area contributed by atoms with E-state index in [0.717, 1.165) is 50.1 Å². The van der Waals surface area contributed by atoms with Crippen LogP contribution in [-0.2, 0) is 54.9 Å². The van der Waals surface area contributed by atoms with Gasteiger partial charge in [0.25, 0.3) is 0 Å². The monoisotopic (exact) mass is 757 g/mol. The largest absolute Gasteiger partial charge is 0.507 e. The molecule has 0 saturated carbocycles. The van der Waals surface area contributed by atoms with Crippen LogP contribution < -0.4 is 10.9 Å². The number of benzene rings is 3. The van der Waals surface area contributed by atoms with Gasteiger partial charge in [0.05, 0.1) is 5.92 Å². The SMILES string of the molecule is CC(C)(C)c1cc(CCC(=O)NNC(=O)C(Cc2cc(C(C)(C)C)c(O)c(C(C)(C)C)c2)c2cc(C(C)(C)C)c(O)c(C(C)(C)C)c2)cc(C(C)(C)C)c1O. The number of aryl methyl sites for hydroxylation is 1. The highest BCUT2D eigenvalue weighted by Crippen LogP contribution is 2.44. The molecule has 2 amide bonds. The van der Waals surface area contributed by atoms with Crippen LogP contribution in [0, 0.1) is 0 Å². The van der Waals surface area contributed by atoms with Gasteiger partial charge >= 0.3 is 0 Å². The summed E-state index contributed by atoms with van der Waals surface area (Å²) in [4.78, 5) is 27.8. The minimum Gasteiger partial charge on any atom is -0.507 e. The lowest BCUT2D eigenvalue weighted by atomic mass is 9.75. The molecule has 0 spiro atoms. The maximum absolute atomic E-state index is 14.4. The zero-order valence-electron chi connectivity index (χ0n) is 37.3. The molecular formula is C48H72N2O5. The Morgan fingerprint density at radius 3 is 1.07 bits per heavy atom. The molecule has 0 radical (unpaired) electrons. The highest BCUT2D eigenvalue weighted by Gasteiger charge is 2.33. The summed E-state index contributed by atoms with van der Waals surface area (Å²) >= 11 is 0. The van der Waals surface area contributed by atoms with E-state index in [1.54, 1.807) is 0 Å². The maximum Gasteiger partial charge on any atom is 0.246 e. The van der Waals surface area contributed by atoms with Crippen molar-refractivity contribution in [3.8, 4) is 17.2 Å². The Morgan fingerprint density at radius 2 is 0.764 bits per heavy atom. The Balaban J connectivity index is 2.09. The van der Waals surface area contributed by atoms with Crippen molar-refractivity contribution < 1.29 is 24.9 Å². The number of rotatable bonds is 7. The fraction of sp³-hybridized carbons (Fsp3) is 0.583. The van der Waals surface area contributed by atoms with Gasteiger partial charge in [-0.1, -0.05) is 161 Å². The second-order valence-corrected chi connectivity index (χ2v) is 21.8. The van der Waals surface area contributed by atoms with Gasteiger partial charge in [-0.3, -0.25) is 20.4 Å². The Kier molecular flexibility index (Phi) is 12.8. The molecule has 0 saturated heterocycles. The zero-order valence-corrected chi connectivity index (χ0v) is 37.3. The third-order valence-electron chi connectivity index (χ3n) is 10.4. The molecule has 1 atom stereocenters. The van der Waals surface area contributed by atoms with Crippen molar-refractivity contribution in [3.63, 3.8) is 0 Å². The van der Waals surface area contributed by atoms with E-state index in [2.05, 4.69) is 93.9 Å². The Morgan fingerprint density at radius 1 is 0.473 bits per heavy atom. The predicted molar refractivity (Wildman–Crippen MR) is 228 cm³/mol. The summed E-state index contributed by atoms with van der Waals surface area (Å²) in [6, 6.07) is 11.8. The number of hydrogen-bond acceptors (Lipinski definition) is 5. The van der Waals surface area contributed by atoms with Gasteiger partial charge in [0.1, 0.15) is 17.2 Å². The first-order valence-electron chi connectivity index (χ1n) is 19.8. The van der Waals surface area contributed by atoms with Crippen molar-refractivity contribution in [2.24, 2.45) is 0 Å². The van der Waals surface area contributed by atoms with Gasteiger partial charge in [-0.2, -0.15) is 0 Å². The van der Waals surface area contributed by atoms with E-state index in [-0.39, 0.29) is 51.4 Å². The van der Waals surface area contributed by atoms with Gasteiger partial charge < -0.3 is 15.3 Å². The first-order chi connectivity index (χ1) is 24.6. The summed E-state index contributed by atoms with van der Waals surface area (Å²) in [7, 11) is 0. The number of hydrazine groups is 1. The number of nitrogens with one attached hydrogen (secondary N) is 2. The molecule has 3 aromatic carbocycles. The lowest BCUT2D eigenvalue weighted by Gasteiger charge is -2.31. The van der Waals surface area contributed by atoms with E-state index in [4.69, 9.17) is 0 Å². The standard InChI is InChI=1S/C48H72N2O5/c1-43(2,3)32-22-28(23-33(39(32)52)44(4,5)6)19-20-38(51)49-50-42(55)31(30-26-36(47(13,14)15)41(54)37(27-30)48(16,17)18)21-29-24-34(45(7,8)9)40(53)35(25-29)46(10,11)12/h22-27,31,52-54H,19-21H2,1-18H3,(H,49,51)(H,50,55). The summed E-state index contributed by atoms with van der Waals surface area (Å²) in [5.41, 5.74) is 10.6. The molecule has 5 N–H and O–H groups in total. The second-order valence-electron chi connectivity index (χ2n) is 21.8. The van der Waals surface area contributed by atoms with Crippen LogP contribution in [0.5, 0.6) is 17.2 Å². The van der Waals surface area contributed by atoms with Crippen LogP contribution in [0.25, 0.3) is 0 Å². The van der Waals surface area contributed by atoms with E-state index in [1.165, 1.54) is 0 Å². The number of carbonyl (C=O) groups is 2. The van der Waals surface area contributed by atoms with Gasteiger partial charge in [-0.05, 0) is 95.4 Å². The molecule has 0 heterocycles. The highest BCUT2D eigenvalue weighted by molar-refractivity contribution is 5.87. The normalized spacial score (nSPS) is 13.8. The van der Waals surface area contributed by atoms with Crippen LogP contribution in [0.2, 0.25) is 0 Å². The first-order valence-corrected chi connectivity index (χ1v) is 19.8. The average molecular weight is 757 g/mol. The third kappa shape index (κ3) is 11.1. The smallest absolute Gasteiger partial charge is 0.246 e. The number of aromatic hydroxyl groups is 3. The van der Waals surface area contributed by atoms with Crippen LogP contribution in [0.3, 0.4) is 0 Å². The number of hydrogen-bond donors (Lipinski definition) is 5. The molecule has 304 valence electrons. The molecule has 0 bridgehead atoms. The summed E-state index contributed by atoms with van der Waals surface area (Å²) in [5, 5.41) is 34.2. The summed E-state index contributed by atoms with van der Waals surface area (Å²) < 4.78 is 0. The van der Waals surface area contributed by atoms with E-state index >= 15 is 0 Å². The molecule has 1 unspecified atom stereocenters. The van der Waals surface area contributed by atoms with Crippen molar-refractivity contribution in [2.45, 2.75) is 182 Å². The number of amides is 2. The lowest BCUT2D eigenvalue weighted by molar-refractivity contribution is -0.129. The maximum atomic E-state index is 14.4. The number of phenols is 3. The number of carbonyl (C=O) groups excluding carboxylic acids is 2.